The molecule has 0 amide bonds. The van der Waals surface area contributed by atoms with Gasteiger partial charge in [-0.05, 0) is 103 Å². The van der Waals surface area contributed by atoms with Gasteiger partial charge < -0.3 is 39.0 Å². The van der Waals surface area contributed by atoms with E-state index in [0.717, 1.165) is 135 Å². The molecule has 12 heteroatoms. The molecule has 1 fully saturated rings. The van der Waals surface area contributed by atoms with Gasteiger partial charge in [-0.3, -0.25) is 14.4 Å². The maximum absolute atomic E-state index is 13.2. The monoisotopic (exact) mass is 1060 g/mol. The number of esters is 3. The highest BCUT2D eigenvalue weighted by Crippen LogP contribution is 2.26. The second-order valence-electron chi connectivity index (χ2n) is 20.6. The van der Waals surface area contributed by atoms with Crippen LogP contribution in [0.3, 0.4) is 0 Å². The highest BCUT2D eigenvalue weighted by atomic mass is 16.7. The first-order valence-corrected chi connectivity index (χ1v) is 30.3. The van der Waals surface area contributed by atoms with E-state index >= 15 is 0 Å². The maximum atomic E-state index is 13.2. The van der Waals surface area contributed by atoms with Crippen molar-refractivity contribution >= 4 is 23.9 Å². The lowest BCUT2D eigenvalue weighted by molar-refractivity contribution is -0.301. The number of hydrogen-bond acceptors (Lipinski definition) is 11. The van der Waals surface area contributed by atoms with Gasteiger partial charge in [0.2, 0.25) is 0 Å². The second kappa shape index (κ2) is 51.2. The molecule has 0 bridgehead atoms. The molecule has 6 unspecified atom stereocenters. The SMILES string of the molecule is CC/C=C\C/C=C\C/C=C\CCCCCCCCCC(=O)OCC(COC1OC(C(=O)O)C(O)C(O)C1OC(=O)CCCCCCC/C=C\CCCCCC)OC(=O)CCCCCCC/C=C\CCCCCCCC. The largest absolute Gasteiger partial charge is 0.479 e. The number of carbonyl (C=O) groups excluding carboxylic acids is 3. The van der Waals surface area contributed by atoms with Gasteiger partial charge in [-0.2, -0.15) is 0 Å². The molecule has 75 heavy (non-hydrogen) atoms. The van der Waals surface area contributed by atoms with Crippen molar-refractivity contribution in [1.29, 1.82) is 0 Å². The van der Waals surface area contributed by atoms with Crippen LogP contribution in [0, 0.1) is 0 Å². The van der Waals surface area contributed by atoms with Crippen molar-refractivity contribution in [3.05, 3.63) is 60.8 Å². The van der Waals surface area contributed by atoms with Crippen LogP contribution in [0.15, 0.2) is 60.8 Å². The zero-order chi connectivity index (χ0) is 54.7. The van der Waals surface area contributed by atoms with Gasteiger partial charge in [-0.25, -0.2) is 4.79 Å². The molecule has 3 N–H and O–H groups in total. The first-order chi connectivity index (χ1) is 36.6. The number of aliphatic carboxylic acids is 1. The van der Waals surface area contributed by atoms with E-state index < -0.39 is 67.3 Å². The molecular weight excluding hydrogens is 949 g/mol. The van der Waals surface area contributed by atoms with E-state index in [1.54, 1.807) is 0 Å². The van der Waals surface area contributed by atoms with E-state index in [2.05, 4.69) is 81.5 Å². The summed E-state index contributed by atoms with van der Waals surface area (Å²) in [6.07, 6.45) is 50.4. The maximum Gasteiger partial charge on any atom is 0.335 e. The van der Waals surface area contributed by atoms with Gasteiger partial charge in [0.15, 0.2) is 24.6 Å². The van der Waals surface area contributed by atoms with Crippen LogP contribution in [-0.2, 0) is 42.9 Å². The lowest BCUT2D eigenvalue weighted by atomic mass is 9.98. The fourth-order valence-electron chi connectivity index (χ4n) is 8.90. The van der Waals surface area contributed by atoms with Gasteiger partial charge in [0, 0.05) is 19.3 Å². The first-order valence-electron chi connectivity index (χ1n) is 30.3. The molecule has 0 spiro atoms. The third kappa shape index (κ3) is 41.2. The quantitative estimate of drug-likeness (QED) is 0.0228. The summed E-state index contributed by atoms with van der Waals surface area (Å²) in [5, 5.41) is 31.5. The van der Waals surface area contributed by atoms with Crippen molar-refractivity contribution in [3.63, 3.8) is 0 Å². The topological polar surface area (TPSA) is 175 Å². The zero-order valence-electron chi connectivity index (χ0n) is 47.5. The first kappa shape index (κ1) is 69.4. The van der Waals surface area contributed by atoms with Crippen LogP contribution in [0.1, 0.15) is 265 Å². The molecule has 0 aromatic heterocycles. The predicted octanol–water partition coefficient (Wildman–Crippen LogP) is 15.6. The lowest BCUT2D eigenvalue weighted by Gasteiger charge is -2.40. The number of unbranched alkanes of at least 4 members (excludes halogenated alkanes) is 27. The van der Waals surface area contributed by atoms with Gasteiger partial charge in [0.25, 0.3) is 0 Å². The molecule has 12 nitrogen and oxygen atoms in total. The van der Waals surface area contributed by atoms with E-state index in [1.165, 1.54) is 70.6 Å². The standard InChI is InChI=1S/C63H108O12/c1-4-7-10-13-16-19-22-25-27-28-30-32-34-37-40-43-46-49-55(64)71-52-54(73-56(65)50-47-44-41-38-36-33-29-26-23-20-17-14-11-8-5-2)53-72-63-61(59(68)58(67)60(75-63)62(69)70)74-57(66)51-48-45-42-39-35-31-24-21-18-15-12-9-6-3/h7,10,16,19,21,24-27,29,54,58-61,63,67-68H,4-6,8-9,11-15,17-18,20,22-23,28,30-53H2,1-3H3,(H,69,70)/b10-7-,19-16-,24-21-,27-25-,29-26-. The normalized spacial score (nSPS) is 18.5. The molecule has 0 aromatic carbocycles. The summed E-state index contributed by atoms with van der Waals surface area (Å²) in [6, 6.07) is 0. The number of ether oxygens (including phenoxy) is 5. The fraction of sp³-hybridized carbons (Fsp3) is 0.778. The number of aliphatic hydroxyl groups excluding tert-OH is 2. The molecule has 1 aliphatic heterocycles. The minimum atomic E-state index is -1.91. The molecule has 1 saturated heterocycles. The molecule has 6 atom stereocenters. The number of carboxylic acid groups (broad SMARTS) is 1. The van der Waals surface area contributed by atoms with Crippen molar-refractivity contribution in [2.75, 3.05) is 13.2 Å². The van der Waals surface area contributed by atoms with Crippen LogP contribution in [-0.4, -0.2) is 89.2 Å². The van der Waals surface area contributed by atoms with Crippen LogP contribution in [0.2, 0.25) is 0 Å². The Balaban J connectivity index is 2.70. The smallest absolute Gasteiger partial charge is 0.335 e. The highest BCUT2D eigenvalue weighted by molar-refractivity contribution is 5.74. The van der Waals surface area contributed by atoms with Crippen molar-refractivity contribution in [1.82, 2.24) is 0 Å². The zero-order valence-corrected chi connectivity index (χ0v) is 47.5. The number of carbonyl (C=O) groups is 4. The summed E-state index contributed by atoms with van der Waals surface area (Å²) in [5.41, 5.74) is 0. The summed E-state index contributed by atoms with van der Waals surface area (Å²) < 4.78 is 28.4. The minimum Gasteiger partial charge on any atom is -0.479 e. The molecule has 432 valence electrons. The second-order valence-corrected chi connectivity index (χ2v) is 20.6. The summed E-state index contributed by atoms with van der Waals surface area (Å²) in [7, 11) is 0. The van der Waals surface area contributed by atoms with Gasteiger partial charge >= 0.3 is 23.9 Å². The van der Waals surface area contributed by atoms with Crippen molar-refractivity contribution in [3.8, 4) is 0 Å². The molecule has 0 aromatic rings. The number of aliphatic hydroxyl groups is 2. The lowest BCUT2D eigenvalue weighted by Crippen LogP contribution is -2.61. The van der Waals surface area contributed by atoms with Gasteiger partial charge in [0.05, 0.1) is 6.61 Å². The van der Waals surface area contributed by atoms with Crippen LogP contribution in [0.25, 0.3) is 0 Å². The van der Waals surface area contributed by atoms with E-state index in [4.69, 9.17) is 23.7 Å². The van der Waals surface area contributed by atoms with E-state index in [9.17, 15) is 34.5 Å². The summed E-state index contributed by atoms with van der Waals surface area (Å²) in [6.45, 7) is 5.85. The number of allylic oxidation sites excluding steroid dienone is 10. The van der Waals surface area contributed by atoms with E-state index in [1.807, 2.05) is 0 Å². The van der Waals surface area contributed by atoms with E-state index in [0.29, 0.717) is 19.3 Å². The Bertz CT molecular complexity index is 1540. The summed E-state index contributed by atoms with van der Waals surface area (Å²) >= 11 is 0. The number of rotatable bonds is 51. The molecule has 1 aliphatic rings. The third-order valence-corrected chi connectivity index (χ3v) is 13.5. The third-order valence-electron chi connectivity index (χ3n) is 13.5. The number of carboxylic acids is 1. The Kier molecular flexibility index (Phi) is 47.4. The van der Waals surface area contributed by atoms with Crippen molar-refractivity contribution in [2.24, 2.45) is 0 Å². The molecule has 1 rings (SSSR count). The predicted molar refractivity (Wildman–Crippen MR) is 303 cm³/mol. The Morgan fingerprint density at radius 1 is 0.453 bits per heavy atom. The minimum absolute atomic E-state index is 0.0485. The van der Waals surface area contributed by atoms with Crippen LogP contribution >= 0.6 is 0 Å². The van der Waals surface area contributed by atoms with Gasteiger partial charge in [-0.15, -0.1) is 0 Å². The Labute approximate surface area is 456 Å². The molecule has 1 heterocycles. The van der Waals surface area contributed by atoms with Crippen LogP contribution in [0.4, 0.5) is 0 Å². The van der Waals surface area contributed by atoms with Crippen LogP contribution < -0.4 is 0 Å². The summed E-state index contributed by atoms with van der Waals surface area (Å²) in [4.78, 5) is 51.1. The average molecular weight is 1060 g/mol. The Morgan fingerprint density at radius 3 is 1.31 bits per heavy atom. The molecule has 0 aliphatic carbocycles. The fourth-order valence-corrected chi connectivity index (χ4v) is 8.90. The van der Waals surface area contributed by atoms with Gasteiger partial charge in [0.1, 0.15) is 18.8 Å². The molecular formula is C63H108O12. The average Bonchev–Trinajstić information content (AvgIpc) is 3.39. The molecule has 0 saturated carbocycles. The summed E-state index contributed by atoms with van der Waals surface area (Å²) in [5.74, 6) is -3.14. The van der Waals surface area contributed by atoms with Crippen molar-refractivity contribution < 1.29 is 58.2 Å². The Hall–Kier alpha value is -3.58. The Morgan fingerprint density at radius 2 is 0.840 bits per heavy atom. The van der Waals surface area contributed by atoms with Crippen LogP contribution in [0.5, 0.6) is 0 Å². The highest BCUT2D eigenvalue weighted by Gasteiger charge is 2.50. The van der Waals surface area contributed by atoms with Crippen molar-refractivity contribution in [2.45, 2.75) is 302 Å². The number of hydrogen-bond donors (Lipinski definition) is 3. The van der Waals surface area contributed by atoms with E-state index in [-0.39, 0.29) is 25.9 Å². The molecule has 0 radical (unpaired) electrons. The van der Waals surface area contributed by atoms with Gasteiger partial charge in [-0.1, -0.05) is 204 Å².